The van der Waals surface area contributed by atoms with Crippen molar-refractivity contribution < 1.29 is 30.3 Å². The quantitative estimate of drug-likeness (QED) is 0.435. The Kier molecular flexibility index (Phi) is 6.35. The summed E-state index contributed by atoms with van der Waals surface area (Å²) in [5.74, 6) is 4.71. The summed E-state index contributed by atoms with van der Waals surface area (Å²) < 4.78 is 0. The SMILES string of the molecule is C1C2CC3CC1CC(C2)C3.O=C[C@H](O)[C@@H](O)[C@H](O)[C@H](O)CO. The molecule has 0 heterocycles. The molecule has 4 rings (SSSR count). The van der Waals surface area contributed by atoms with Crippen molar-refractivity contribution in [2.45, 2.75) is 62.9 Å². The van der Waals surface area contributed by atoms with Crippen molar-refractivity contribution >= 4 is 6.29 Å². The Bertz CT molecular complexity index is 304. The first-order valence-corrected chi connectivity index (χ1v) is 8.23. The molecule has 4 aliphatic carbocycles. The molecule has 128 valence electrons. The molecular formula is C16H28O6. The molecule has 0 aromatic carbocycles. The summed E-state index contributed by atoms with van der Waals surface area (Å²) in [6, 6.07) is 0. The zero-order chi connectivity index (χ0) is 16.3. The zero-order valence-electron chi connectivity index (χ0n) is 12.8. The fourth-order valence-corrected chi connectivity index (χ4v) is 4.60. The predicted octanol–water partition coefficient (Wildman–Crippen LogP) is -0.546. The topological polar surface area (TPSA) is 118 Å². The van der Waals surface area contributed by atoms with Crippen molar-refractivity contribution in [3.8, 4) is 0 Å². The van der Waals surface area contributed by atoms with Crippen molar-refractivity contribution in [3.63, 3.8) is 0 Å². The number of rotatable bonds is 5. The van der Waals surface area contributed by atoms with Crippen LogP contribution in [0.2, 0.25) is 0 Å². The van der Waals surface area contributed by atoms with Gasteiger partial charge in [-0.3, -0.25) is 0 Å². The van der Waals surface area contributed by atoms with E-state index in [4.69, 9.17) is 25.5 Å². The Morgan fingerprint density at radius 1 is 0.773 bits per heavy atom. The van der Waals surface area contributed by atoms with Crippen LogP contribution in [0.1, 0.15) is 38.5 Å². The molecule has 4 aliphatic rings. The van der Waals surface area contributed by atoms with Crippen LogP contribution in [0.3, 0.4) is 0 Å². The maximum absolute atomic E-state index is 9.90. The lowest BCUT2D eigenvalue weighted by Gasteiger charge is -2.49. The summed E-state index contributed by atoms with van der Waals surface area (Å²) in [4.78, 5) is 9.90. The lowest BCUT2D eigenvalue weighted by atomic mass is 9.56. The second kappa shape index (κ2) is 7.84. The molecule has 0 aromatic heterocycles. The van der Waals surface area contributed by atoms with Crippen molar-refractivity contribution in [2.24, 2.45) is 23.7 Å². The highest BCUT2D eigenvalue weighted by Gasteiger charge is 2.41. The van der Waals surface area contributed by atoms with Crippen LogP contribution < -0.4 is 0 Å². The molecule has 0 amide bonds. The van der Waals surface area contributed by atoms with Gasteiger partial charge in [0.1, 0.15) is 24.4 Å². The van der Waals surface area contributed by atoms with E-state index < -0.39 is 31.0 Å². The van der Waals surface area contributed by atoms with Crippen LogP contribution in [0.15, 0.2) is 0 Å². The molecule has 4 fully saturated rings. The van der Waals surface area contributed by atoms with Crippen LogP contribution in [-0.4, -0.2) is 62.8 Å². The number of aliphatic hydroxyl groups is 5. The largest absolute Gasteiger partial charge is 0.394 e. The molecule has 5 N–H and O–H groups in total. The van der Waals surface area contributed by atoms with Crippen molar-refractivity contribution in [1.82, 2.24) is 0 Å². The molecule has 0 spiro atoms. The Morgan fingerprint density at radius 2 is 1.14 bits per heavy atom. The second-order valence-corrected chi connectivity index (χ2v) is 7.24. The summed E-state index contributed by atoms with van der Waals surface area (Å²) in [7, 11) is 0. The third kappa shape index (κ3) is 4.26. The smallest absolute Gasteiger partial charge is 0.151 e. The van der Waals surface area contributed by atoms with Gasteiger partial charge in [-0.2, -0.15) is 0 Å². The molecule has 0 aliphatic heterocycles. The number of aldehydes is 1. The number of carbonyl (C=O) groups is 1. The average molecular weight is 316 g/mol. The fourth-order valence-electron chi connectivity index (χ4n) is 4.60. The van der Waals surface area contributed by atoms with Gasteiger partial charge < -0.3 is 30.3 Å². The number of hydrogen-bond acceptors (Lipinski definition) is 6. The Hall–Kier alpha value is -0.530. The summed E-state index contributed by atoms with van der Waals surface area (Å²) in [5.41, 5.74) is 0. The van der Waals surface area contributed by atoms with E-state index in [1.165, 1.54) is 23.7 Å². The van der Waals surface area contributed by atoms with E-state index in [-0.39, 0.29) is 6.29 Å². The van der Waals surface area contributed by atoms with E-state index in [0.29, 0.717) is 0 Å². The summed E-state index contributed by atoms with van der Waals surface area (Å²) in [5, 5.41) is 43.5. The van der Waals surface area contributed by atoms with Gasteiger partial charge in [0.15, 0.2) is 6.29 Å². The van der Waals surface area contributed by atoms with E-state index in [0.717, 1.165) is 0 Å². The third-order valence-corrected chi connectivity index (χ3v) is 5.42. The molecule has 0 saturated heterocycles. The van der Waals surface area contributed by atoms with E-state index in [2.05, 4.69) is 0 Å². The molecular weight excluding hydrogens is 288 g/mol. The van der Waals surface area contributed by atoms with Gasteiger partial charge in [0.05, 0.1) is 6.61 Å². The van der Waals surface area contributed by atoms with Gasteiger partial charge in [-0.05, 0) is 62.2 Å². The van der Waals surface area contributed by atoms with Crippen LogP contribution in [0.25, 0.3) is 0 Å². The van der Waals surface area contributed by atoms with Gasteiger partial charge in [-0.1, -0.05) is 0 Å². The third-order valence-electron chi connectivity index (χ3n) is 5.42. The van der Waals surface area contributed by atoms with Gasteiger partial charge in [-0.25, -0.2) is 0 Å². The fraction of sp³-hybridized carbons (Fsp3) is 0.938. The number of aliphatic hydroxyl groups excluding tert-OH is 5. The first-order valence-electron chi connectivity index (χ1n) is 8.23. The predicted molar refractivity (Wildman–Crippen MR) is 78.8 cm³/mol. The first-order chi connectivity index (χ1) is 10.4. The molecule has 0 unspecified atom stereocenters. The Morgan fingerprint density at radius 3 is 1.41 bits per heavy atom. The lowest BCUT2D eigenvalue weighted by Crippen LogP contribution is -2.46. The highest BCUT2D eigenvalue weighted by atomic mass is 16.4. The molecule has 6 heteroatoms. The first kappa shape index (κ1) is 17.8. The monoisotopic (exact) mass is 316 g/mol. The van der Waals surface area contributed by atoms with Gasteiger partial charge >= 0.3 is 0 Å². The van der Waals surface area contributed by atoms with Crippen molar-refractivity contribution in [1.29, 1.82) is 0 Å². The maximum Gasteiger partial charge on any atom is 0.151 e. The normalized spacial score (nSPS) is 37.7. The highest BCUT2D eigenvalue weighted by Crippen LogP contribution is 2.53. The summed E-state index contributed by atoms with van der Waals surface area (Å²) in [6.45, 7) is -0.760. The van der Waals surface area contributed by atoms with Crippen LogP contribution in [0, 0.1) is 23.7 Å². The minimum Gasteiger partial charge on any atom is -0.394 e. The van der Waals surface area contributed by atoms with E-state index in [9.17, 15) is 4.79 Å². The van der Waals surface area contributed by atoms with Crippen LogP contribution >= 0.6 is 0 Å². The Labute approximate surface area is 130 Å². The van der Waals surface area contributed by atoms with E-state index >= 15 is 0 Å². The van der Waals surface area contributed by atoms with Crippen LogP contribution in [-0.2, 0) is 4.79 Å². The molecule has 22 heavy (non-hydrogen) atoms. The van der Waals surface area contributed by atoms with Crippen molar-refractivity contribution in [2.75, 3.05) is 6.61 Å². The lowest BCUT2D eigenvalue weighted by molar-refractivity contribution is -0.136. The van der Waals surface area contributed by atoms with Crippen molar-refractivity contribution in [3.05, 3.63) is 0 Å². The molecule has 4 atom stereocenters. The Balaban J connectivity index is 0.000000161. The molecule has 0 aromatic rings. The van der Waals surface area contributed by atoms with Gasteiger partial charge in [0, 0.05) is 0 Å². The summed E-state index contributed by atoms with van der Waals surface area (Å²) >= 11 is 0. The minimum atomic E-state index is -1.79. The van der Waals surface area contributed by atoms with Crippen LogP contribution in [0.4, 0.5) is 0 Å². The van der Waals surface area contributed by atoms with E-state index in [1.807, 2.05) is 0 Å². The molecule has 0 radical (unpaired) electrons. The standard InChI is InChI=1S/C10H16.C6H12O6/c1-7-2-9-4-8(1)5-10(3-7)6-9;7-1-3(9)5(11)6(12)4(10)2-8/h7-10H,1-6H2;1,3-6,8-12H,2H2/t;3-,4+,5+,6+/m.0/s1. The molecule has 4 bridgehead atoms. The van der Waals surface area contributed by atoms with Gasteiger partial charge in [0.2, 0.25) is 0 Å². The number of hydrogen-bond donors (Lipinski definition) is 5. The average Bonchev–Trinajstić information content (AvgIpc) is 2.51. The van der Waals surface area contributed by atoms with E-state index in [1.54, 1.807) is 38.5 Å². The van der Waals surface area contributed by atoms with Gasteiger partial charge in [-0.15, -0.1) is 0 Å². The van der Waals surface area contributed by atoms with Gasteiger partial charge in [0.25, 0.3) is 0 Å². The molecule has 6 nitrogen and oxygen atoms in total. The number of carbonyl (C=O) groups excluding carboxylic acids is 1. The highest BCUT2D eigenvalue weighted by molar-refractivity contribution is 5.56. The maximum atomic E-state index is 9.90. The zero-order valence-corrected chi connectivity index (χ0v) is 12.8. The second-order valence-electron chi connectivity index (χ2n) is 7.24. The molecule has 4 saturated carbocycles. The summed E-state index contributed by atoms with van der Waals surface area (Å²) in [6.07, 6.45) is 2.79. The minimum absolute atomic E-state index is 0.0258. The van der Waals surface area contributed by atoms with Crippen LogP contribution in [0.5, 0.6) is 0 Å².